The van der Waals surface area contributed by atoms with E-state index in [1.165, 1.54) is 31.2 Å². The monoisotopic (exact) mass is 358 g/mol. The van der Waals surface area contributed by atoms with E-state index in [1.54, 1.807) is 0 Å². The Balaban J connectivity index is 2.16. The predicted octanol–water partition coefficient (Wildman–Crippen LogP) is 1.84. The molecule has 0 aliphatic heterocycles. The second kappa shape index (κ2) is 7.31. The molecule has 1 aliphatic carbocycles. The highest BCUT2D eigenvalue weighted by atomic mass is 35.5. The Labute approximate surface area is 140 Å². The number of sulfonamides is 1. The van der Waals surface area contributed by atoms with E-state index in [2.05, 4.69) is 5.32 Å². The van der Waals surface area contributed by atoms with Gasteiger partial charge in [-0.3, -0.25) is 9.59 Å². The Bertz CT molecular complexity index is 682. The van der Waals surface area contributed by atoms with Crippen LogP contribution in [0.15, 0.2) is 29.2 Å². The Kier molecular flexibility index (Phi) is 5.64. The van der Waals surface area contributed by atoms with Crippen molar-refractivity contribution in [1.82, 2.24) is 10.0 Å². The lowest BCUT2D eigenvalue weighted by molar-refractivity contribution is -0.128. The highest BCUT2D eigenvalue weighted by Gasteiger charge is 2.33. The summed E-state index contributed by atoms with van der Waals surface area (Å²) >= 11 is 5.73. The highest BCUT2D eigenvalue weighted by Crippen LogP contribution is 2.28. The van der Waals surface area contributed by atoms with E-state index in [1.807, 2.05) is 4.72 Å². The van der Waals surface area contributed by atoms with Crippen LogP contribution in [0, 0.1) is 5.92 Å². The van der Waals surface area contributed by atoms with Crippen molar-refractivity contribution in [3.8, 4) is 0 Å². The highest BCUT2D eigenvalue weighted by molar-refractivity contribution is 7.90. The zero-order valence-electron chi connectivity index (χ0n) is 12.7. The molecule has 1 aromatic carbocycles. The molecule has 23 heavy (non-hydrogen) atoms. The van der Waals surface area contributed by atoms with Crippen molar-refractivity contribution in [2.75, 3.05) is 0 Å². The summed E-state index contributed by atoms with van der Waals surface area (Å²) in [5.41, 5.74) is 0. The number of carbonyl (C=O) groups is 2. The smallest absolute Gasteiger partial charge is 0.264 e. The minimum Gasteiger partial charge on any atom is -0.344 e. The molecule has 2 amide bonds. The molecule has 8 heteroatoms. The van der Waals surface area contributed by atoms with Gasteiger partial charge in [0.05, 0.1) is 4.90 Å². The fraction of sp³-hybridized carbons (Fsp3) is 0.467. The standard InChI is InChI=1S/C15H19ClN2O4S/c1-10(19)17-14(11-4-2-3-5-11)15(20)18-23(21,22)13-8-6-12(16)7-9-13/h6-9,11,14H,2-5H2,1H3,(H,17,19)(H,18,20). The third-order valence-corrected chi connectivity index (χ3v) is 5.49. The zero-order valence-corrected chi connectivity index (χ0v) is 14.3. The van der Waals surface area contributed by atoms with Gasteiger partial charge < -0.3 is 5.32 Å². The van der Waals surface area contributed by atoms with Crippen LogP contribution in [0.5, 0.6) is 0 Å². The first-order valence-electron chi connectivity index (χ1n) is 7.39. The molecule has 0 spiro atoms. The average Bonchev–Trinajstić information content (AvgIpc) is 2.98. The lowest BCUT2D eigenvalue weighted by Gasteiger charge is -2.23. The lowest BCUT2D eigenvalue weighted by Crippen LogP contribution is -2.51. The third kappa shape index (κ3) is 4.68. The molecule has 0 radical (unpaired) electrons. The Hall–Kier alpha value is -1.60. The summed E-state index contributed by atoms with van der Waals surface area (Å²) in [7, 11) is -4.00. The van der Waals surface area contributed by atoms with E-state index >= 15 is 0 Å². The molecule has 0 aromatic heterocycles. The van der Waals surface area contributed by atoms with Gasteiger partial charge in [-0.15, -0.1) is 0 Å². The first-order valence-corrected chi connectivity index (χ1v) is 9.25. The van der Waals surface area contributed by atoms with Gasteiger partial charge in [0.15, 0.2) is 0 Å². The SMILES string of the molecule is CC(=O)NC(C(=O)NS(=O)(=O)c1ccc(Cl)cc1)C1CCCC1. The van der Waals surface area contributed by atoms with E-state index in [0.717, 1.165) is 25.7 Å². The van der Waals surface area contributed by atoms with Crippen molar-refractivity contribution in [2.24, 2.45) is 5.92 Å². The van der Waals surface area contributed by atoms with E-state index < -0.39 is 22.0 Å². The Morgan fingerprint density at radius 2 is 1.74 bits per heavy atom. The van der Waals surface area contributed by atoms with E-state index in [9.17, 15) is 18.0 Å². The first kappa shape index (κ1) is 17.7. The van der Waals surface area contributed by atoms with Crippen molar-refractivity contribution in [1.29, 1.82) is 0 Å². The van der Waals surface area contributed by atoms with Gasteiger partial charge in [-0.2, -0.15) is 0 Å². The summed E-state index contributed by atoms with van der Waals surface area (Å²) in [5.74, 6) is -1.11. The molecule has 1 aromatic rings. The molecule has 6 nitrogen and oxygen atoms in total. The largest absolute Gasteiger partial charge is 0.344 e. The quantitative estimate of drug-likeness (QED) is 0.840. The fourth-order valence-corrected chi connectivity index (χ4v) is 3.91. The van der Waals surface area contributed by atoms with Gasteiger partial charge in [0.2, 0.25) is 5.91 Å². The first-order chi connectivity index (χ1) is 10.8. The van der Waals surface area contributed by atoms with Crippen LogP contribution in [-0.2, 0) is 19.6 Å². The van der Waals surface area contributed by atoms with Crippen molar-refractivity contribution >= 4 is 33.4 Å². The van der Waals surface area contributed by atoms with Crippen molar-refractivity contribution in [3.05, 3.63) is 29.3 Å². The van der Waals surface area contributed by atoms with Gasteiger partial charge in [0.1, 0.15) is 6.04 Å². The van der Waals surface area contributed by atoms with Gasteiger partial charge in [-0.25, -0.2) is 13.1 Å². The molecular formula is C15H19ClN2O4S. The summed E-state index contributed by atoms with van der Waals surface area (Å²) in [6.45, 7) is 1.31. The van der Waals surface area contributed by atoms with Crippen LogP contribution < -0.4 is 10.0 Å². The molecule has 126 valence electrons. The topological polar surface area (TPSA) is 92.3 Å². The second-order valence-electron chi connectivity index (χ2n) is 5.65. The molecule has 1 unspecified atom stereocenters. The summed E-state index contributed by atoms with van der Waals surface area (Å²) in [6.07, 6.45) is 3.52. The van der Waals surface area contributed by atoms with Crippen LogP contribution in [0.4, 0.5) is 0 Å². The predicted molar refractivity (Wildman–Crippen MR) is 86.3 cm³/mol. The normalized spacial score (nSPS) is 16.8. The number of benzene rings is 1. The number of halogens is 1. The molecule has 1 fully saturated rings. The maximum absolute atomic E-state index is 12.4. The van der Waals surface area contributed by atoms with Gasteiger partial charge in [-0.05, 0) is 43.0 Å². The van der Waals surface area contributed by atoms with Crippen molar-refractivity contribution < 1.29 is 18.0 Å². The Morgan fingerprint density at radius 3 is 2.26 bits per heavy atom. The number of carbonyl (C=O) groups excluding carboxylic acids is 2. The molecular weight excluding hydrogens is 340 g/mol. The molecule has 1 saturated carbocycles. The summed E-state index contributed by atoms with van der Waals surface area (Å²) < 4.78 is 26.6. The molecule has 0 bridgehead atoms. The fourth-order valence-electron chi connectivity index (χ4n) is 2.78. The third-order valence-electron chi connectivity index (χ3n) is 3.87. The Morgan fingerprint density at radius 1 is 1.17 bits per heavy atom. The molecule has 0 saturated heterocycles. The zero-order chi connectivity index (χ0) is 17.0. The number of hydrogen-bond donors (Lipinski definition) is 2. The number of nitrogens with one attached hydrogen (secondary N) is 2. The van der Waals surface area contributed by atoms with E-state index in [4.69, 9.17) is 11.6 Å². The van der Waals surface area contributed by atoms with Crippen LogP contribution in [0.3, 0.4) is 0 Å². The van der Waals surface area contributed by atoms with Crippen LogP contribution in [0.25, 0.3) is 0 Å². The van der Waals surface area contributed by atoms with Gasteiger partial charge >= 0.3 is 0 Å². The molecule has 1 aliphatic rings. The lowest BCUT2D eigenvalue weighted by atomic mass is 9.97. The van der Waals surface area contributed by atoms with Crippen LogP contribution >= 0.6 is 11.6 Å². The van der Waals surface area contributed by atoms with Crippen molar-refractivity contribution in [3.63, 3.8) is 0 Å². The number of amides is 2. The number of rotatable bonds is 5. The molecule has 2 rings (SSSR count). The minimum absolute atomic E-state index is 0.0423. The summed E-state index contributed by atoms with van der Waals surface area (Å²) in [6, 6.07) is 4.67. The van der Waals surface area contributed by atoms with Gasteiger partial charge in [0, 0.05) is 11.9 Å². The summed E-state index contributed by atoms with van der Waals surface area (Å²) in [4.78, 5) is 23.7. The molecule has 2 N–H and O–H groups in total. The maximum Gasteiger partial charge on any atom is 0.264 e. The molecule has 1 atom stereocenters. The van der Waals surface area contributed by atoms with Crippen LogP contribution in [-0.4, -0.2) is 26.3 Å². The van der Waals surface area contributed by atoms with Crippen LogP contribution in [0.2, 0.25) is 5.02 Å². The molecule has 0 heterocycles. The maximum atomic E-state index is 12.4. The van der Waals surface area contributed by atoms with E-state index in [0.29, 0.717) is 5.02 Å². The summed E-state index contributed by atoms with van der Waals surface area (Å²) in [5, 5.41) is 2.97. The van der Waals surface area contributed by atoms with Gasteiger partial charge in [-0.1, -0.05) is 24.4 Å². The second-order valence-corrected chi connectivity index (χ2v) is 7.77. The average molecular weight is 359 g/mol. The van der Waals surface area contributed by atoms with Crippen LogP contribution in [0.1, 0.15) is 32.6 Å². The minimum atomic E-state index is -4.00. The van der Waals surface area contributed by atoms with Crippen molar-refractivity contribution in [2.45, 2.75) is 43.5 Å². The van der Waals surface area contributed by atoms with E-state index in [-0.39, 0.29) is 16.7 Å². The number of hydrogen-bond acceptors (Lipinski definition) is 4. The van der Waals surface area contributed by atoms with Gasteiger partial charge in [0.25, 0.3) is 15.9 Å².